The van der Waals surface area contributed by atoms with Gasteiger partial charge in [-0.15, -0.1) is 0 Å². The summed E-state index contributed by atoms with van der Waals surface area (Å²) in [7, 11) is 0. The molecule has 3 heteroatoms. The fraction of sp³-hybridized carbons (Fsp3) is 0.222. The summed E-state index contributed by atoms with van der Waals surface area (Å²) in [6.07, 6.45) is 13.0. The van der Waals surface area contributed by atoms with Crippen LogP contribution in [0.25, 0.3) is 0 Å². The Hall–Kier alpha value is -1.51. The molecule has 0 aromatic carbocycles. The van der Waals surface area contributed by atoms with E-state index < -0.39 is 0 Å². The third kappa shape index (κ3) is 1.13. The molecule has 0 radical (unpaired) electrons. The highest BCUT2D eigenvalue weighted by Gasteiger charge is 2.08. The van der Waals surface area contributed by atoms with Crippen LogP contribution in [-0.4, -0.2) is 9.55 Å². The molecule has 1 heterocycles. The summed E-state index contributed by atoms with van der Waals surface area (Å²) in [6, 6.07) is 0.345. The van der Waals surface area contributed by atoms with E-state index in [1.807, 2.05) is 22.9 Å². The summed E-state index contributed by atoms with van der Waals surface area (Å²) in [6.45, 7) is 0. The zero-order chi connectivity index (χ0) is 8.39. The largest absolute Gasteiger partial charge is 0.369 e. The maximum atomic E-state index is 5.67. The van der Waals surface area contributed by atoms with Crippen LogP contribution in [0.15, 0.2) is 36.7 Å². The van der Waals surface area contributed by atoms with Crippen LogP contribution in [0, 0.1) is 0 Å². The highest BCUT2D eigenvalue weighted by atomic mass is 15.2. The van der Waals surface area contributed by atoms with Gasteiger partial charge in [-0.1, -0.05) is 24.3 Å². The number of imidazole rings is 1. The van der Waals surface area contributed by atoms with Crippen LogP contribution in [0.1, 0.15) is 12.5 Å². The molecule has 2 rings (SSSR count). The van der Waals surface area contributed by atoms with Gasteiger partial charge in [-0.2, -0.15) is 0 Å². The highest BCUT2D eigenvalue weighted by molar-refractivity contribution is 5.22. The van der Waals surface area contributed by atoms with E-state index in [1.54, 1.807) is 6.20 Å². The SMILES string of the molecule is Nc1nccn1C1C=CC=CC1. The predicted molar refractivity (Wildman–Crippen MR) is 48.6 cm³/mol. The highest BCUT2D eigenvalue weighted by Crippen LogP contribution is 2.19. The van der Waals surface area contributed by atoms with Crippen molar-refractivity contribution < 1.29 is 0 Å². The Morgan fingerprint density at radius 3 is 3.00 bits per heavy atom. The topological polar surface area (TPSA) is 43.8 Å². The van der Waals surface area contributed by atoms with Crippen molar-refractivity contribution in [1.82, 2.24) is 9.55 Å². The minimum absolute atomic E-state index is 0.345. The van der Waals surface area contributed by atoms with Crippen molar-refractivity contribution >= 4 is 5.95 Å². The van der Waals surface area contributed by atoms with Gasteiger partial charge in [0.25, 0.3) is 0 Å². The first-order valence-corrected chi connectivity index (χ1v) is 3.99. The smallest absolute Gasteiger partial charge is 0.200 e. The van der Waals surface area contributed by atoms with E-state index in [0.717, 1.165) is 6.42 Å². The summed E-state index contributed by atoms with van der Waals surface area (Å²) >= 11 is 0. The molecule has 0 aliphatic heterocycles. The van der Waals surface area contributed by atoms with Crippen molar-refractivity contribution in [3.63, 3.8) is 0 Å². The number of nitrogen functional groups attached to an aromatic ring is 1. The predicted octanol–water partition coefficient (Wildman–Crippen LogP) is 1.52. The maximum Gasteiger partial charge on any atom is 0.200 e. The van der Waals surface area contributed by atoms with Crippen LogP contribution in [0.3, 0.4) is 0 Å². The average molecular weight is 161 g/mol. The second-order valence-corrected chi connectivity index (χ2v) is 2.81. The van der Waals surface area contributed by atoms with Crippen LogP contribution in [0.4, 0.5) is 5.95 Å². The number of rotatable bonds is 1. The molecular formula is C9H11N3. The molecule has 1 aliphatic rings. The molecule has 0 amide bonds. The zero-order valence-electron chi connectivity index (χ0n) is 6.72. The Kier molecular flexibility index (Phi) is 1.70. The summed E-state index contributed by atoms with van der Waals surface area (Å²) < 4.78 is 1.97. The molecule has 1 unspecified atom stereocenters. The number of anilines is 1. The van der Waals surface area contributed by atoms with Crippen LogP contribution < -0.4 is 5.73 Å². The van der Waals surface area contributed by atoms with E-state index in [0.29, 0.717) is 12.0 Å². The lowest BCUT2D eigenvalue weighted by atomic mass is 10.1. The minimum Gasteiger partial charge on any atom is -0.369 e. The van der Waals surface area contributed by atoms with Crippen molar-refractivity contribution in [1.29, 1.82) is 0 Å². The number of nitrogens with zero attached hydrogens (tertiary/aromatic N) is 2. The molecule has 0 spiro atoms. The second-order valence-electron chi connectivity index (χ2n) is 2.81. The third-order valence-electron chi connectivity index (χ3n) is 2.01. The molecule has 1 atom stereocenters. The number of hydrogen-bond acceptors (Lipinski definition) is 2. The van der Waals surface area contributed by atoms with E-state index in [1.165, 1.54) is 0 Å². The minimum atomic E-state index is 0.345. The van der Waals surface area contributed by atoms with Crippen molar-refractivity contribution in [2.24, 2.45) is 0 Å². The van der Waals surface area contributed by atoms with Crippen LogP contribution in [0.2, 0.25) is 0 Å². The monoisotopic (exact) mass is 161 g/mol. The molecule has 12 heavy (non-hydrogen) atoms. The maximum absolute atomic E-state index is 5.67. The van der Waals surface area contributed by atoms with Crippen molar-refractivity contribution in [2.75, 3.05) is 5.73 Å². The van der Waals surface area contributed by atoms with E-state index in [2.05, 4.69) is 17.1 Å². The van der Waals surface area contributed by atoms with Gasteiger partial charge in [-0.3, -0.25) is 0 Å². The van der Waals surface area contributed by atoms with Crippen LogP contribution in [-0.2, 0) is 0 Å². The second kappa shape index (κ2) is 2.85. The van der Waals surface area contributed by atoms with Crippen molar-refractivity contribution in [2.45, 2.75) is 12.5 Å². The quantitative estimate of drug-likeness (QED) is 0.678. The summed E-state index contributed by atoms with van der Waals surface area (Å²) in [5, 5.41) is 0. The number of nitrogens with two attached hydrogens (primary N) is 1. The lowest BCUT2D eigenvalue weighted by molar-refractivity contribution is 0.616. The van der Waals surface area contributed by atoms with Crippen molar-refractivity contribution in [3.8, 4) is 0 Å². The Balaban J connectivity index is 2.26. The summed E-state index contributed by atoms with van der Waals surface area (Å²) in [5.74, 6) is 0.583. The normalized spacial score (nSPS) is 21.5. The molecule has 0 saturated carbocycles. The van der Waals surface area contributed by atoms with Gasteiger partial charge >= 0.3 is 0 Å². The van der Waals surface area contributed by atoms with E-state index in [4.69, 9.17) is 5.73 Å². The van der Waals surface area contributed by atoms with E-state index in [9.17, 15) is 0 Å². The summed E-state index contributed by atoms with van der Waals surface area (Å²) in [4.78, 5) is 3.97. The lowest BCUT2D eigenvalue weighted by Crippen LogP contribution is -2.09. The van der Waals surface area contributed by atoms with Gasteiger partial charge in [0.05, 0.1) is 6.04 Å². The molecule has 0 saturated heterocycles. The molecule has 62 valence electrons. The lowest BCUT2D eigenvalue weighted by Gasteiger charge is -2.15. The molecule has 2 N–H and O–H groups in total. The summed E-state index contributed by atoms with van der Waals surface area (Å²) in [5.41, 5.74) is 5.67. The number of aromatic nitrogens is 2. The zero-order valence-corrected chi connectivity index (χ0v) is 6.72. The Labute approximate surface area is 71.2 Å². The molecule has 0 bridgehead atoms. The fourth-order valence-corrected chi connectivity index (χ4v) is 1.38. The fourth-order valence-electron chi connectivity index (χ4n) is 1.38. The van der Waals surface area contributed by atoms with Gasteiger partial charge < -0.3 is 10.3 Å². The van der Waals surface area contributed by atoms with Crippen molar-refractivity contribution in [3.05, 3.63) is 36.7 Å². The van der Waals surface area contributed by atoms with Gasteiger partial charge in [-0.05, 0) is 6.42 Å². The third-order valence-corrected chi connectivity index (χ3v) is 2.01. The molecule has 3 nitrogen and oxygen atoms in total. The van der Waals surface area contributed by atoms with E-state index in [-0.39, 0.29) is 0 Å². The number of hydrogen-bond donors (Lipinski definition) is 1. The number of allylic oxidation sites excluding steroid dienone is 4. The first-order chi connectivity index (χ1) is 5.88. The van der Waals surface area contributed by atoms with Gasteiger partial charge in [-0.25, -0.2) is 4.98 Å². The van der Waals surface area contributed by atoms with Crippen LogP contribution >= 0.6 is 0 Å². The first kappa shape index (κ1) is 7.16. The average Bonchev–Trinajstić information content (AvgIpc) is 2.53. The van der Waals surface area contributed by atoms with E-state index >= 15 is 0 Å². The molecule has 1 aromatic heterocycles. The standard InChI is InChI=1S/C9H11N3/c10-9-11-6-7-12(9)8-4-2-1-3-5-8/h1-4,6-8H,5H2,(H2,10,11). The Morgan fingerprint density at radius 1 is 1.50 bits per heavy atom. The van der Waals surface area contributed by atoms with Gasteiger partial charge in [0.1, 0.15) is 0 Å². The molecular weight excluding hydrogens is 150 g/mol. The Bertz CT molecular complexity index is 322. The molecule has 0 fully saturated rings. The van der Waals surface area contributed by atoms with Crippen LogP contribution in [0.5, 0.6) is 0 Å². The van der Waals surface area contributed by atoms with Gasteiger partial charge in [0.2, 0.25) is 5.95 Å². The molecule has 1 aliphatic carbocycles. The first-order valence-electron chi connectivity index (χ1n) is 3.99. The van der Waals surface area contributed by atoms with Gasteiger partial charge in [0, 0.05) is 12.4 Å². The van der Waals surface area contributed by atoms with Gasteiger partial charge in [0.15, 0.2) is 0 Å². The molecule has 1 aromatic rings. The Morgan fingerprint density at radius 2 is 2.42 bits per heavy atom.